The third-order valence-corrected chi connectivity index (χ3v) is 3.68. The summed E-state index contributed by atoms with van der Waals surface area (Å²) < 4.78 is 5.31. The molecule has 4 heteroatoms. The van der Waals surface area contributed by atoms with Gasteiger partial charge in [-0.1, -0.05) is 11.6 Å². The van der Waals surface area contributed by atoms with Crippen LogP contribution in [0.4, 0.5) is 0 Å². The van der Waals surface area contributed by atoms with E-state index < -0.39 is 0 Å². The summed E-state index contributed by atoms with van der Waals surface area (Å²) in [7, 11) is 0. The summed E-state index contributed by atoms with van der Waals surface area (Å²) in [5.74, 6) is 3.89. The largest absolute Gasteiger partial charge is 0.339 e. The number of hydrogen-bond acceptors (Lipinski definition) is 4. The van der Waals surface area contributed by atoms with E-state index in [1.807, 2.05) is 6.92 Å². The van der Waals surface area contributed by atoms with Gasteiger partial charge in [-0.05, 0) is 31.6 Å². The van der Waals surface area contributed by atoms with Gasteiger partial charge in [0.05, 0.1) is 0 Å². The second-order valence-electron chi connectivity index (χ2n) is 5.01. The van der Waals surface area contributed by atoms with E-state index in [-0.39, 0.29) is 6.04 Å². The molecule has 0 amide bonds. The van der Waals surface area contributed by atoms with E-state index in [2.05, 4.69) is 10.1 Å². The first-order valence-electron chi connectivity index (χ1n) is 5.84. The van der Waals surface area contributed by atoms with Crippen molar-refractivity contribution in [1.82, 2.24) is 10.1 Å². The summed E-state index contributed by atoms with van der Waals surface area (Å²) in [4.78, 5) is 4.44. The topological polar surface area (TPSA) is 64.9 Å². The van der Waals surface area contributed by atoms with Gasteiger partial charge in [-0.25, -0.2) is 0 Å². The lowest BCUT2D eigenvalue weighted by Gasteiger charge is -1.97. The second-order valence-corrected chi connectivity index (χ2v) is 5.01. The highest BCUT2D eigenvalue weighted by atomic mass is 16.5. The molecule has 15 heavy (non-hydrogen) atoms. The minimum absolute atomic E-state index is 0.106. The third-order valence-electron chi connectivity index (χ3n) is 3.68. The Hall–Kier alpha value is -0.900. The standard InChI is InChI=1S/C11H17N3O/c1-6(12)5-9-13-11(15-14-9)10-7-3-2-4-8(7)10/h6-8,10H,2-5,12H2,1H3. The van der Waals surface area contributed by atoms with E-state index in [1.54, 1.807) is 0 Å². The van der Waals surface area contributed by atoms with E-state index in [0.29, 0.717) is 12.3 Å². The Kier molecular flexibility index (Phi) is 2.06. The van der Waals surface area contributed by atoms with E-state index in [9.17, 15) is 0 Å². The summed E-state index contributed by atoms with van der Waals surface area (Å²) in [5, 5.41) is 3.98. The molecule has 0 radical (unpaired) electrons. The predicted molar refractivity (Wildman–Crippen MR) is 55.2 cm³/mol. The van der Waals surface area contributed by atoms with Crippen molar-refractivity contribution >= 4 is 0 Å². The molecule has 0 bridgehead atoms. The molecule has 1 heterocycles. The molecule has 0 aliphatic heterocycles. The normalized spacial score (nSPS) is 35.2. The van der Waals surface area contributed by atoms with E-state index in [0.717, 1.165) is 23.6 Å². The monoisotopic (exact) mass is 207 g/mol. The van der Waals surface area contributed by atoms with Gasteiger partial charge in [-0.2, -0.15) is 4.98 Å². The van der Waals surface area contributed by atoms with Gasteiger partial charge in [0.2, 0.25) is 5.89 Å². The first kappa shape index (κ1) is 9.33. The molecule has 0 aromatic carbocycles. The quantitative estimate of drug-likeness (QED) is 0.815. The van der Waals surface area contributed by atoms with E-state index >= 15 is 0 Å². The Balaban J connectivity index is 1.69. The highest BCUT2D eigenvalue weighted by molar-refractivity contribution is 5.16. The van der Waals surface area contributed by atoms with Crippen LogP contribution in [0.3, 0.4) is 0 Å². The lowest BCUT2D eigenvalue weighted by Crippen LogP contribution is -2.18. The van der Waals surface area contributed by atoms with Crippen LogP contribution in [0.15, 0.2) is 4.52 Å². The third kappa shape index (κ3) is 1.57. The van der Waals surface area contributed by atoms with Gasteiger partial charge < -0.3 is 10.3 Å². The van der Waals surface area contributed by atoms with Crippen LogP contribution in [0.1, 0.15) is 43.8 Å². The molecule has 0 spiro atoms. The summed E-state index contributed by atoms with van der Waals surface area (Å²) in [6.07, 6.45) is 4.79. The smallest absolute Gasteiger partial charge is 0.230 e. The number of aromatic nitrogens is 2. The highest BCUT2D eigenvalue weighted by Gasteiger charge is 2.56. The molecule has 4 nitrogen and oxygen atoms in total. The Bertz CT molecular complexity index is 350. The average Bonchev–Trinajstić information content (AvgIpc) is 2.63. The molecule has 2 fully saturated rings. The van der Waals surface area contributed by atoms with Crippen molar-refractivity contribution in [3.05, 3.63) is 11.7 Å². The van der Waals surface area contributed by atoms with Crippen LogP contribution in [0, 0.1) is 11.8 Å². The minimum atomic E-state index is 0.106. The lowest BCUT2D eigenvalue weighted by molar-refractivity contribution is 0.362. The molecule has 1 aromatic heterocycles. The first-order chi connectivity index (χ1) is 7.25. The SMILES string of the molecule is CC(N)Cc1noc(C2C3CCCC32)n1. The molecular formula is C11H17N3O. The molecule has 2 saturated carbocycles. The zero-order valence-corrected chi connectivity index (χ0v) is 9.02. The Labute approximate surface area is 89.2 Å². The Morgan fingerprint density at radius 2 is 2.20 bits per heavy atom. The molecule has 3 unspecified atom stereocenters. The summed E-state index contributed by atoms with van der Waals surface area (Å²) in [6.45, 7) is 1.96. The van der Waals surface area contributed by atoms with Crippen LogP contribution in [0.25, 0.3) is 0 Å². The maximum atomic E-state index is 5.70. The zero-order chi connectivity index (χ0) is 10.4. The van der Waals surface area contributed by atoms with Gasteiger partial charge in [-0.15, -0.1) is 0 Å². The van der Waals surface area contributed by atoms with Gasteiger partial charge >= 0.3 is 0 Å². The summed E-state index contributed by atoms with van der Waals surface area (Å²) in [6, 6.07) is 0.106. The molecule has 82 valence electrons. The van der Waals surface area contributed by atoms with Crippen molar-refractivity contribution in [3.63, 3.8) is 0 Å². The Morgan fingerprint density at radius 1 is 1.47 bits per heavy atom. The van der Waals surface area contributed by atoms with Gasteiger partial charge in [-0.3, -0.25) is 0 Å². The summed E-state index contributed by atoms with van der Waals surface area (Å²) >= 11 is 0. The number of rotatable bonds is 3. The fourth-order valence-electron chi connectivity index (χ4n) is 2.96. The second kappa shape index (κ2) is 3.30. The molecule has 2 aliphatic rings. The average molecular weight is 207 g/mol. The van der Waals surface area contributed by atoms with E-state index in [1.165, 1.54) is 19.3 Å². The van der Waals surface area contributed by atoms with Crippen LogP contribution in [-0.2, 0) is 6.42 Å². The molecule has 2 aliphatic carbocycles. The number of nitrogens with zero attached hydrogens (tertiary/aromatic N) is 2. The van der Waals surface area contributed by atoms with Crippen molar-refractivity contribution in [2.24, 2.45) is 17.6 Å². The van der Waals surface area contributed by atoms with Crippen molar-refractivity contribution in [3.8, 4) is 0 Å². The van der Waals surface area contributed by atoms with E-state index in [4.69, 9.17) is 10.3 Å². The molecule has 3 rings (SSSR count). The highest BCUT2D eigenvalue weighted by Crippen LogP contribution is 2.62. The van der Waals surface area contributed by atoms with Gasteiger partial charge in [0.25, 0.3) is 0 Å². The first-order valence-corrected chi connectivity index (χ1v) is 5.84. The molecule has 3 atom stereocenters. The van der Waals surface area contributed by atoms with Crippen molar-refractivity contribution in [2.75, 3.05) is 0 Å². The number of hydrogen-bond donors (Lipinski definition) is 1. The van der Waals surface area contributed by atoms with Crippen LogP contribution < -0.4 is 5.73 Å². The predicted octanol–water partition coefficient (Wildman–Crippen LogP) is 1.47. The summed E-state index contributed by atoms with van der Waals surface area (Å²) in [5.41, 5.74) is 5.70. The fourth-order valence-corrected chi connectivity index (χ4v) is 2.96. The van der Waals surface area contributed by atoms with Gasteiger partial charge in [0, 0.05) is 18.4 Å². The minimum Gasteiger partial charge on any atom is -0.339 e. The van der Waals surface area contributed by atoms with Crippen LogP contribution in [0.5, 0.6) is 0 Å². The molecule has 0 saturated heterocycles. The molecular weight excluding hydrogens is 190 g/mol. The number of fused-ring (bicyclic) bond motifs is 1. The van der Waals surface area contributed by atoms with Gasteiger partial charge in [0.15, 0.2) is 5.82 Å². The van der Waals surface area contributed by atoms with Crippen molar-refractivity contribution < 1.29 is 4.52 Å². The molecule has 2 N–H and O–H groups in total. The van der Waals surface area contributed by atoms with Crippen molar-refractivity contribution in [2.45, 2.75) is 44.6 Å². The lowest BCUT2D eigenvalue weighted by atomic mass is 10.1. The molecule has 1 aromatic rings. The maximum absolute atomic E-state index is 5.70. The van der Waals surface area contributed by atoms with Crippen LogP contribution >= 0.6 is 0 Å². The van der Waals surface area contributed by atoms with Crippen molar-refractivity contribution in [1.29, 1.82) is 0 Å². The Morgan fingerprint density at radius 3 is 2.87 bits per heavy atom. The number of nitrogens with two attached hydrogens (primary N) is 1. The fraction of sp³-hybridized carbons (Fsp3) is 0.818. The van der Waals surface area contributed by atoms with Crippen LogP contribution in [0.2, 0.25) is 0 Å². The van der Waals surface area contributed by atoms with Gasteiger partial charge in [0.1, 0.15) is 0 Å². The maximum Gasteiger partial charge on any atom is 0.230 e. The van der Waals surface area contributed by atoms with Crippen LogP contribution in [-0.4, -0.2) is 16.2 Å². The zero-order valence-electron chi connectivity index (χ0n) is 9.02.